The molecule has 2 heterocycles. The third kappa shape index (κ3) is 2.98. The molecule has 2 N–H and O–H groups in total. The number of nitrogens with zero attached hydrogens (tertiary/aromatic N) is 1. The van der Waals surface area contributed by atoms with Crippen LogP contribution in [0.1, 0.15) is 41.9 Å². The molecule has 4 nitrogen and oxygen atoms in total. The van der Waals surface area contributed by atoms with E-state index in [-0.39, 0.29) is 29.8 Å². The van der Waals surface area contributed by atoms with Crippen molar-refractivity contribution >= 4 is 29.3 Å². The van der Waals surface area contributed by atoms with E-state index in [0.29, 0.717) is 18.8 Å². The molecule has 0 radical (unpaired) electrons. The van der Waals surface area contributed by atoms with Gasteiger partial charge in [-0.3, -0.25) is 4.79 Å². The number of rotatable bonds is 1. The fraction of sp³-hybridized carbons (Fsp3) is 0.500. The van der Waals surface area contributed by atoms with Crippen LogP contribution in [0.5, 0.6) is 0 Å². The SMILES string of the molecule is Cc1c(C(=O)N2CCC(N)C(C)(C)C2)oc2c(C)cccc12.Cl. The second-order valence-corrected chi connectivity index (χ2v) is 7.12. The van der Waals surface area contributed by atoms with Gasteiger partial charge in [0.25, 0.3) is 5.91 Å². The second-order valence-electron chi connectivity index (χ2n) is 7.12. The predicted molar refractivity (Wildman–Crippen MR) is 95.2 cm³/mol. The summed E-state index contributed by atoms with van der Waals surface area (Å²) < 4.78 is 5.92. The number of amides is 1. The number of hydrogen-bond acceptors (Lipinski definition) is 3. The Morgan fingerprint density at radius 2 is 2.04 bits per heavy atom. The molecule has 1 aliphatic rings. The number of hydrogen-bond donors (Lipinski definition) is 1. The van der Waals surface area contributed by atoms with Crippen LogP contribution in [0, 0.1) is 19.3 Å². The largest absolute Gasteiger partial charge is 0.450 e. The van der Waals surface area contributed by atoms with Gasteiger partial charge in [-0.2, -0.15) is 0 Å². The van der Waals surface area contributed by atoms with Crippen molar-refractivity contribution in [3.05, 3.63) is 35.1 Å². The minimum atomic E-state index is -0.0657. The van der Waals surface area contributed by atoms with Gasteiger partial charge >= 0.3 is 0 Å². The molecular formula is C18H25ClN2O2. The van der Waals surface area contributed by atoms with Gasteiger partial charge in [0.05, 0.1) is 0 Å². The summed E-state index contributed by atoms with van der Waals surface area (Å²) in [6.07, 6.45) is 0.830. The summed E-state index contributed by atoms with van der Waals surface area (Å²) in [4.78, 5) is 14.8. The van der Waals surface area contributed by atoms with E-state index in [1.165, 1.54) is 0 Å². The minimum absolute atomic E-state index is 0. The molecule has 1 unspecified atom stereocenters. The fourth-order valence-electron chi connectivity index (χ4n) is 3.28. The second kappa shape index (κ2) is 6.17. The van der Waals surface area contributed by atoms with Crippen LogP contribution in [-0.4, -0.2) is 29.9 Å². The summed E-state index contributed by atoms with van der Waals surface area (Å²) in [5.41, 5.74) is 8.90. The van der Waals surface area contributed by atoms with Gasteiger partial charge in [0.2, 0.25) is 0 Å². The Hall–Kier alpha value is -1.52. The lowest BCUT2D eigenvalue weighted by atomic mass is 9.79. The number of likely N-dealkylation sites (tertiary alicyclic amines) is 1. The molecule has 5 heteroatoms. The van der Waals surface area contributed by atoms with Gasteiger partial charge < -0.3 is 15.1 Å². The number of aryl methyl sites for hydroxylation is 2. The van der Waals surface area contributed by atoms with E-state index in [4.69, 9.17) is 10.2 Å². The summed E-state index contributed by atoms with van der Waals surface area (Å²) in [6, 6.07) is 6.14. The predicted octanol–water partition coefficient (Wildman–Crippen LogP) is 3.67. The van der Waals surface area contributed by atoms with Crippen LogP contribution in [0.2, 0.25) is 0 Å². The van der Waals surface area contributed by atoms with E-state index in [9.17, 15) is 4.79 Å². The average molecular weight is 337 g/mol. The number of para-hydroxylation sites is 1. The third-order valence-electron chi connectivity index (χ3n) is 4.95. The molecule has 126 valence electrons. The lowest BCUT2D eigenvalue weighted by Crippen LogP contribution is -2.54. The highest BCUT2D eigenvalue weighted by Gasteiger charge is 2.37. The highest BCUT2D eigenvalue weighted by molar-refractivity contribution is 5.99. The summed E-state index contributed by atoms with van der Waals surface area (Å²) >= 11 is 0. The number of fused-ring (bicyclic) bond motifs is 1. The smallest absolute Gasteiger partial charge is 0.289 e. The average Bonchev–Trinajstić information content (AvgIpc) is 2.80. The molecule has 1 saturated heterocycles. The van der Waals surface area contributed by atoms with Crippen LogP contribution in [0.15, 0.2) is 22.6 Å². The van der Waals surface area contributed by atoms with Crippen LogP contribution in [0.25, 0.3) is 11.0 Å². The maximum absolute atomic E-state index is 12.9. The first-order valence-electron chi connectivity index (χ1n) is 7.85. The number of benzene rings is 1. The lowest BCUT2D eigenvalue weighted by Gasteiger charge is -2.42. The Kier molecular flexibility index (Phi) is 4.79. The van der Waals surface area contributed by atoms with Gasteiger partial charge in [-0.15, -0.1) is 12.4 Å². The van der Waals surface area contributed by atoms with Crippen molar-refractivity contribution < 1.29 is 9.21 Å². The van der Waals surface area contributed by atoms with Crippen LogP contribution >= 0.6 is 12.4 Å². The van der Waals surface area contributed by atoms with Crippen molar-refractivity contribution in [3.63, 3.8) is 0 Å². The van der Waals surface area contributed by atoms with Crippen molar-refractivity contribution in [2.24, 2.45) is 11.1 Å². The Balaban J connectivity index is 0.00000192. The summed E-state index contributed by atoms with van der Waals surface area (Å²) in [6.45, 7) is 9.56. The van der Waals surface area contributed by atoms with Gasteiger partial charge in [0.15, 0.2) is 5.76 Å². The summed E-state index contributed by atoms with van der Waals surface area (Å²) in [7, 11) is 0. The van der Waals surface area contributed by atoms with E-state index < -0.39 is 0 Å². The first kappa shape index (κ1) is 17.8. The Bertz CT molecular complexity index is 736. The Labute approximate surface area is 143 Å². The zero-order valence-corrected chi connectivity index (χ0v) is 15.0. The Morgan fingerprint density at radius 1 is 1.35 bits per heavy atom. The monoisotopic (exact) mass is 336 g/mol. The number of carbonyl (C=O) groups is 1. The topological polar surface area (TPSA) is 59.5 Å². The fourth-order valence-corrected chi connectivity index (χ4v) is 3.28. The van der Waals surface area contributed by atoms with Crippen LogP contribution in [-0.2, 0) is 0 Å². The molecule has 1 aliphatic heterocycles. The maximum atomic E-state index is 12.9. The number of furan rings is 1. The quantitative estimate of drug-likeness (QED) is 0.864. The van der Waals surface area contributed by atoms with Crippen molar-refractivity contribution in [3.8, 4) is 0 Å². The number of halogens is 1. The molecule has 0 bridgehead atoms. The third-order valence-corrected chi connectivity index (χ3v) is 4.95. The van der Waals surface area contributed by atoms with Gasteiger partial charge in [0.1, 0.15) is 5.58 Å². The first-order valence-corrected chi connectivity index (χ1v) is 7.85. The zero-order chi connectivity index (χ0) is 16.1. The molecule has 1 atom stereocenters. The molecule has 0 saturated carbocycles. The number of carbonyl (C=O) groups excluding carboxylic acids is 1. The first-order chi connectivity index (χ1) is 10.3. The number of piperidine rings is 1. The van der Waals surface area contributed by atoms with Crippen molar-refractivity contribution in [2.75, 3.05) is 13.1 Å². The summed E-state index contributed by atoms with van der Waals surface area (Å²) in [5.74, 6) is 0.448. The highest BCUT2D eigenvalue weighted by Crippen LogP contribution is 2.32. The van der Waals surface area contributed by atoms with Crippen LogP contribution < -0.4 is 5.73 Å². The van der Waals surface area contributed by atoms with E-state index >= 15 is 0 Å². The lowest BCUT2D eigenvalue weighted by molar-refractivity contribution is 0.0504. The van der Waals surface area contributed by atoms with Gasteiger partial charge in [-0.05, 0) is 31.2 Å². The number of nitrogens with two attached hydrogens (primary N) is 1. The maximum Gasteiger partial charge on any atom is 0.289 e. The normalized spacial score (nSPS) is 20.4. The molecule has 1 aromatic heterocycles. The molecule has 0 aliphatic carbocycles. The molecule has 1 aromatic carbocycles. The van der Waals surface area contributed by atoms with Gasteiger partial charge in [0, 0.05) is 30.1 Å². The van der Waals surface area contributed by atoms with E-state index in [2.05, 4.69) is 13.8 Å². The summed E-state index contributed by atoms with van der Waals surface area (Å²) in [5, 5.41) is 1.02. The van der Waals surface area contributed by atoms with E-state index in [1.54, 1.807) is 0 Å². The molecule has 3 rings (SSSR count). The van der Waals surface area contributed by atoms with Crippen molar-refractivity contribution in [1.82, 2.24) is 4.90 Å². The van der Waals surface area contributed by atoms with Crippen LogP contribution in [0.3, 0.4) is 0 Å². The molecule has 1 amide bonds. The van der Waals surface area contributed by atoms with Crippen LogP contribution in [0.4, 0.5) is 0 Å². The molecule has 0 spiro atoms. The van der Waals surface area contributed by atoms with Gasteiger partial charge in [-0.25, -0.2) is 0 Å². The molecule has 23 heavy (non-hydrogen) atoms. The minimum Gasteiger partial charge on any atom is -0.450 e. The molecular weight excluding hydrogens is 312 g/mol. The molecule has 1 fully saturated rings. The van der Waals surface area contributed by atoms with Crippen molar-refractivity contribution in [1.29, 1.82) is 0 Å². The standard InChI is InChI=1S/C18H24N2O2.ClH/c1-11-6-5-7-13-12(2)16(22-15(11)13)17(21)20-9-8-14(19)18(3,4)10-20;/h5-7,14H,8-10,19H2,1-4H3;1H. The van der Waals surface area contributed by atoms with E-state index in [0.717, 1.165) is 28.5 Å². The Morgan fingerprint density at radius 3 is 2.65 bits per heavy atom. The molecule has 2 aromatic rings. The zero-order valence-electron chi connectivity index (χ0n) is 14.2. The van der Waals surface area contributed by atoms with E-state index in [1.807, 2.05) is 36.9 Å². The van der Waals surface area contributed by atoms with Gasteiger partial charge in [-0.1, -0.05) is 32.0 Å². The van der Waals surface area contributed by atoms with Crippen molar-refractivity contribution in [2.45, 2.75) is 40.2 Å². The highest BCUT2D eigenvalue weighted by atomic mass is 35.5.